The highest BCUT2D eigenvalue weighted by Gasteiger charge is 2.06. The molecule has 0 unspecified atom stereocenters. The van der Waals surface area contributed by atoms with Crippen LogP contribution in [0.4, 0.5) is 5.69 Å². The summed E-state index contributed by atoms with van der Waals surface area (Å²) in [5, 5.41) is 0. The van der Waals surface area contributed by atoms with Gasteiger partial charge in [-0.3, -0.25) is 0 Å². The van der Waals surface area contributed by atoms with Crippen LogP contribution in [0.5, 0.6) is 0 Å². The predicted octanol–water partition coefficient (Wildman–Crippen LogP) is 3.30. The summed E-state index contributed by atoms with van der Waals surface area (Å²) in [4.78, 5) is 4.40. The standard InChI is InChI=1S/C12H16N2OS/c1-8(2)6-16-7-12-14-10-5-9(13)3-4-11(10)15-12/h3-5,8H,6-7,13H2,1-2H3. The van der Waals surface area contributed by atoms with Crippen LogP contribution in [-0.4, -0.2) is 10.7 Å². The zero-order valence-electron chi connectivity index (χ0n) is 9.56. The van der Waals surface area contributed by atoms with Crippen molar-refractivity contribution < 1.29 is 4.42 Å². The van der Waals surface area contributed by atoms with Crippen molar-refractivity contribution in [2.24, 2.45) is 5.92 Å². The summed E-state index contributed by atoms with van der Waals surface area (Å²) in [7, 11) is 0. The molecule has 0 atom stereocenters. The SMILES string of the molecule is CC(C)CSCc1nc2cc(N)ccc2o1. The van der Waals surface area contributed by atoms with Crippen molar-refractivity contribution in [3.8, 4) is 0 Å². The summed E-state index contributed by atoms with van der Waals surface area (Å²) < 4.78 is 5.62. The second kappa shape index (κ2) is 4.78. The van der Waals surface area contributed by atoms with Crippen LogP contribution in [0, 0.1) is 5.92 Å². The van der Waals surface area contributed by atoms with Gasteiger partial charge in [0.15, 0.2) is 5.58 Å². The van der Waals surface area contributed by atoms with E-state index in [1.54, 1.807) is 0 Å². The Morgan fingerprint density at radius 3 is 3.00 bits per heavy atom. The number of hydrogen-bond donors (Lipinski definition) is 1. The van der Waals surface area contributed by atoms with Crippen LogP contribution in [-0.2, 0) is 5.75 Å². The van der Waals surface area contributed by atoms with E-state index in [0.29, 0.717) is 5.92 Å². The number of fused-ring (bicyclic) bond motifs is 1. The molecule has 16 heavy (non-hydrogen) atoms. The number of aromatic nitrogens is 1. The van der Waals surface area contributed by atoms with Crippen LogP contribution >= 0.6 is 11.8 Å². The van der Waals surface area contributed by atoms with Crippen LogP contribution in [0.1, 0.15) is 19.7 Å². The number of nitrogens with two attached hydrogens (primary N) is 1. The predicted molar refractivity (Wildman–Crippen MR) is 69.4 cm³/mol. The minimum Gasteiger partial charge on any atom is -0.440 e. The third-order valence-electron chi connectivity index (χ3n) is 2.13. The summed E-state index contributed by atoms with van der Waals surface area (Å²) in [6.07, 6.45) is 0. The molecule has 2 N–H and O–H groups in total. The monoisotopic (exact) mass is 236 g/mol. The Labute approximate surface area is 99.4 Å². The van der Waals surface area contributed by atoms with Crippen molar-refractivity contribution in [2.45, 2.75) is 19.6 Å². The Morgan fingerprint density at radius 2 is 2.25 bits per heavy atom. The zero-order valence-corrected chi connectivity index (χ0v) is 10.4. The molecule has 4 heteroatoms. The molecule has 1 heterocycles. The van der Waals surface area contributed by atoms with Gasteiger partial charge in [-0.2, -0.15) is 11.8 Å². The first-order valence-electron chi connectivity index (χ1n) is 5.38. The molecular weight excluding hydrogens is 220 g/mol. The van der Waals surface area contributed by atoms with Gasteiger partial charge in [-0.25, -0.2) is 4.98 Å². The Morgan fingerprint density at radius 1 is 1.44 bits per heavy atom. The van der Waals surface area contributed by atoms with E-state index < -0.39 is 0 Å². The molecular formula is C12H16N2OS. The summed E-state index contributed by atoms with van der Waals surface area (Å²) in [5.41, 5.74) is 8.07. The average Bonchev–Trinajstić information content (AvgIpc) is 2.58. The van der Waals surface area contributed by atoms with Crippen molar-refractivity contribution in [3.05, 3.63) is 24.1 Å². The van der Waals surface area contributed by atoms with E-state index in [4.69, 9.17) is 10.2 Å². The molecule has 2 rings (SSSR count). The summed E-state index contributed by atoms with van der Waals surface area (Å²) in [6.45, 7) is 4.42. The first-order valence-corrected chi connectivity index (χ1v) is 6.53. The maximum atomic E-state index is 5.69. The molecule has 0 saturated heterocycles. The number of benzene rings is 1. The fraction of sp³-hybridized carbons (Fsp3) is 0.417. The number of nitrogen functional groups attached to an aromatic ring is 1. The summed E-state index contributed by atoms with van der Waals surface area (Å²) in [6, 6.07) is 5.54. The number of thioether (sulfide) groups is 1. The molecule has 0 radical (unpaired) electrons. The molecule has 2 aromatic rings. The molecule has 0 fully saturated rings. The minimum atomic E-state index is 0.699. The molecule has 0 aliphatic rings. The van der Waals surface area contributed by atoms with Gasteiger partial charge in [0.1, 0.15) is 5.52 Å². The Bertz CT molecular complexity index is 479. The number of oxazole rings is 1. The van der Waals surface area contributed by atoms with Gasteiger partial charge in [0.2, 0.25) is 5.89 Å². The maximum absolute atomic E-state index is 5.69. The van der Waals surface area contributed by atoms with Gasteiger partial charge in [-0.1, -0.05) is 13.8 Å². The van der Waals surface area contributed by atoms with E-state index in [1.807, 2.05) is 30.0 Å². The van der Waals surface area contributed by atoms with Crippen molar-refractivity contribution in [1.29, 1.82) is 0 Å². The molecule has 86 valence electrons. The highest BCUT2D eigenvalue weighted by atomic mass is 32.2. The smallest absolute Gasteiger partial charge is 0.205 e. The lowest BCUT2D eigenvalue weighted by Gasteiger charge is -2.00. The normalized spacial score (nSPS) is 11.4. The second-order valence-corrected chi connectivity index (χ2v) is 5.27. The quantitative estimate of drug-likeness (QED) is 0.827. The third-order valence-corrected chi connectivity index (χ3v) is 3.49. The third kappa shape index (κ3) is 2.70. The molecule has 1 aromatic heterocycles. The molecule has 0 bridgehead atoms. The zero-order chi connectivity index (χ0) is 11.5. The van der Waals surface area contributed by atoms with Crippen LogP contribution in [0.15, 0.2) is 22.6 Å². The number of rotatable bonds is 4. The van der Waals surface area contributed by atoms with Gasteiger partial charge in [0.25, 0.3) is 0 Å². The average molecular weight is 236 g/mol. The van der Waals surface area contributed by atoms with Crippen molar-refractivity contribution in [3.63, 3.8) is 0 Å². The fourth-order valence-electron chi connectivity index (χ4n) is 1.44. The van der Waals surface area contributed by atoms with Gasteiger partial charge in [0, 0.05) is 5.69 Å². The number of anilines is 1. The van der Waals surface area contributed by atoms with Gasteiger partial charge < -0.3 is 10.2 Å². The van der Waals surface area contributed by atoms with Gasteiger partial charge in [-0.15, -0.1) is 0 Å². The Hall–Kier alpha value is -1.16. The minimum absolute atomic E-state index is 0.699. The fourth-order valence-corrected chi connectivity index (χ4v) is 2.32. The Kier molecular flexibility index (Phi) is 3.39. The van der Waals surface area contributed by atoms with Gasteiger partial charge in [0.05, 0.1) is 5.75 Å². The van der Waals surface area contributed by atoms with Crippen LogP contribution in [0.25, 0.3) is 11.1 Å². The number of nitrogens with zero attached hydrogens (tertiary/aromatic N) is 1. The highest BCUT2D eigenvalue weighted by molar-refractivity contribution is 7.98. The van der Waals surface area contributed by atoms with Crippen molar-refractivity contribution >= 4 is 28.5 Å². The molecule has 3 nitrogen and oxygen atoms in total. The van der Waals surface area contributed by atoms with Crippen LogP contribution < -0.4 is 5.73 Å². The van der Waals surface area contributed by atoms with Crippen LogP contribution in [0.3, 0.4) is 0 Å². The molecule has 1 aromatic carbocycles. The maximum Gasteiger partial charge on any atom is 0.205 e. The highest BCUT2D eigenvalue weighted by Crippen LogP contribution is 2.21. The van der Waals surface area contributed by atoms with Crippen LogP contribution in [0.2, 0.25) is 0 Å². The lowest BCUT2D eigenvalue weighted by Crippen LogP contribution is -1.91. The first-order chi connectivity index (χ1) is 7.65. The topological polar surface area (TPSA) is 52.0 Å². The largest absolute Gasteiger partial charge is 0.440 e. The van der Waals surface area contributed by atoms with Crippen molar-refractivity contribution in [2.75, 3.05) is 11.5 Å². The lowest BCUT2D eigenvalue weighted by molar-refractivity contribution is 0.556. The van der Waals surface area contributed by atoms with Gasteiger partial charge >= 0.3 is 0 Å². The molecule has 0 amide bonds. The second-order valence-electron chi connectivity index (χ2n) is 4.24. The van der Waals surface area contributed by atoms with Crippen molar-refractivity contribution in [1.82, 2.24) is 4.98 Å². The van der Waals surface area contributed by atoms with E-state index >= 15 is 0 Å². The molecule has 0 aliphatic carbocycles. The van der Waals surface area contributed by atoms with E-state index in [9.17, 15) is 0 Å². The Balaban J connectivity index is 2.08. The van der Waals surface area contributed by atoms with E-state index in [2.05, 4.69) is 18.8 Å². The lowest BCUT2D eigenvalue weighted by atomic mass is 10.3. The molecule has 0 aliphatic heterocycles. The summed E-state index contributed by atoms with van der Waals surface area (Å²) in [5.74, 6) is 3.43. The van der Waals surface area contributed by atoms with Gasteiger partial charge in [-0.05, 0) is 29.9 Å². The number of hydrogen-bond acceptors (Lipinski definition) is 4. The molecule has 0 spiro atoms. The first kappa shape index (κ1) is 11.3. The van der Waals surface area contributed by atoms with E-state index in [1.165, 1.54) is 0 Å². The van der Waals surface area contributed by atoms with E-state index in [-0.39, 0.29) is 0 Å². The summed E-state index contributed by atoms with van der Waals surface area (Å²) >= 11 is 1.85. The van der Waals surface area contributed by atoms with E-state index in [0.717, 1.165) is 34.2 Å². The molecule has 0 saturated carbocycles.